The van der Waals surface area contributed by atoms with Crippen LogP contribution in [0.2, 0.25) is 0 Å². The molecule has 0 saturated carbocycles. The zero-order valence-electron chi connectivity index (χ0n) is 12.3. The average molecular weight is 269 g/mol. The first kappa shape index (κ1) is 16.0. The van der Waals surface area contributed by atoms with Crippen LogP contribution in [0.1, 0.15) is 39.5 Å². The molecule has 1 saturated heterocycles. The van der Waals surface area contributed by atoms with Crippen molar-refractivity contribution in [2.75, 3.05) is 39.3 Å². The number of amides is 2. The zero-order valence-corrected chi connectivity index (χ0v) is 12.3. The van der Waals surface area contributed by atoms with E-state index in [1.165, 1.54) is 0 Å². The van der Waals surface area contributed by atoms with Gasteiger partial charge in [-0.1, -0.05) is 13.8 Å². The SMILES string of the molecule is CCCC(=O)NCCN1CCN(C(=O)CCC)CC1. The Labute approximate surface area is 116 Å². The number of nitrogens with one attached hydrogen (secondary N) is 1. The summed E-state index contributed by atoms with van der Waals surface area (Å²) in [5.41, 5.74) is 0. The van der Waals surface area contributed by atoms with Gasteiger partial charge in [-0.3, -0.25) is 14.5 Å². The van der Waals surface area contributed by atoms with E-state index in [1.807, 2.05) is 18.7 Å². The Kier molecular flexibility index (Phi) is 7.48. The fourth-order valence-corrected chi connectivity index (χ4v) is 2.26. The predicted molar refractivity (Wildman–Crippen MR) is 75.8 cm³/mol. The van der Waals surface area contributed by atoms with E-state index in [-0.39, 0.29) is 11.8 Å². The highest BCUT2D eigenvalue weighted by atomic mass is 16.2. The Morgan fingerprint density at radius 1 is 1.00 bits per heavy atom. The van der Waals surface area contributed by atoms with Gasteiger partial charge in [-0.25, -0.2) is 0 Å². The van der Waals surface area contributed by atoms with E-state index in [0.29, 0.717) is 19.4 Å². The van der Waals surface area contributed by atoms with Crippen molar-refractivity contribution in [3.8, 4) is 0 Å². The molecule has 0 aromatic heterocycles. The molecule has 1 N–H and O–H groups in total. The Balaban J connectivity index is 2.13. The van der Waals surface area contributed by atoms with Gasteiger partial charge in [0, 0.05) is 52.1 Å². The topological polar surface area (TPSA) is 52.7 Å². The van der Waals surface area contributed by atoms with Gasteiger partial charge >= 0.3 is 0 Å². The molecule has 5 nitrogen and oxygen atoms in total. The summed E-state index contributed by atoms with van der Waals surface area (Å²) < 4.78 is 0. The van der Waals surface area contributed by atoms with Crippen LogP contribution in [-0.4, -0.2) is 60.9 Å². The molecule has 0 aromatic carbocycles. The number of hydrogen-bond acceptors (Lipinski definition) is 3. The number of hydrogen-bond donors (Lipinski definition) is 1. The summed E-state index contributed by atoms with van der Waals surface area (Å²) >= 11 is 0. The summed E-state index contributed by atoms with van der Waals surface area (Å²) in [5, 5.41) is 2.92. The summed E-state index contributed by atoms with van der Waals surface area (Å²) in [5.74, 6) is 0.414. The lowest BCUT2D eigenvalue weighted by molar-refractivity contribution is -0.132. The molecular formula is C14H27N3O2. The molecule has 0 atom stereocenters. The van der Waals surface area contributed by atoms with Crippen LogP contribution < -0.4 is 5.32 Å². The van der Waals surface area contributed by atoms with Crippen LogP contribution in [0.5, 0.6) is 0 Å². The molecule has 1 heterocycles. The van der Waals surface area contributed by atoms with Gasteiger partial charge in [-0.2, -0.15) is 0 Å². The third-order valence-corrected chi connectivity index (χ3v) is 3.42. The predicted octanol–water partition coefficient (Wildman–Crippen LogP) is 0.847. The maximum atomic E-state index is 11.7. The van der Waals surface area contributed by atoms with Crippen LogP contribution in [0, 0.1) is 0 Å². The lowest BCUT2D eigenvalue weighted by atomic mass is 10.2. The summed E-state index contributed by atoms with van der Waals surface area (Å²) in [6.07, 6.45) is 3.08. The van der Waals surface area contributed by atoms with Crippen LogP contribution in [0.15, 0.2) is 0 Å². The minimum atomic E-state index is 0.138. The average Bonchev–Trinajstić information content (AvgIpc) is 2.40. The van der Waals surface area contributed by atoms with Crippen LogP contribution in [0.4, 0.5) is 0 Å². The minimum absolute atomic E-state index is 0.138. The molecule has 2 amide bonds. The highest BCUT2D eigenvalue weighted by Crippen LogP contribution is 2.04. The number of carbonyl (C=O) groups excluding carboxylic acids is 2. The first-order valence-electron chi connectivity index (χ1n) is 7.44. The molecule has 1 aliphatic rings. The van der Waals surface area contributed by atoms with Gasteiger partial charge in [0.05, 0.1) is 0 Å². The van der Waals surface area contributed by atoms with Crippen molar-refractivity contribution in [2.45, 2.75) is 39.5 Å². The Morgan fingerprint density at radius 2 is 1.63 bits per heavy atom. The van der Waals surface area contributed by atoms with Crippen molar-refractivity contribution in [1.29, 1.82) is 0 Å². The lowest BCUT2D eigenvalue weighted by Gasteiger charge is -2.34. The largest absolute Gasteiger partial charge is 0.355 e. The van der Waals surface area contributed by atoms with E-state index in [2.05, 4.69) is 10.2 Å². The first-order chi connectivity index (χ1) is 9.17. The molecule has 0 bridgehead atoms. The highest BCUT2D eigenvalue weighted by molar-refractivity contribution is 5.76. The Hall–Kier alpha value is -1.10. The summed E-state index contributed by atoms with van der Waals surface area (Å²) in [4.78, 5) is 27.3. The van der Waals surface area contributed by atoms with E-state index >= 15 is 0 Å². The molecular weight excluding hydrogens is 242 g/mol. The monoisotopic (exact) mass is 269 g/mol. The van der Waals surface area contributed by atoms with Gasteiger partial charge in [-0.05, 0) is 12.8 Å². The smallest absolute Gasteiger partial charge is 0.222 e. The van der Waals surface area contributed by atoms with Crippen LogP contribution in [-0.2, 0) is 9.59 Å². The molecule has 0 aromatic rings. The molecule has 110 valence electrons. The zero-order chi connectivity index (χ0) is 14.1. The van der Waals surface area contributed by atoms with Crippen molar-refractivity contribution in [1.82, 2.24) is 15.1 Å². The maximum Gasteiger partial charge on any atom is 0.222 e. The quantitative estimate of drug-likeness (QED) is 0.745. The molecule has 1 rings (SSSR count). The van der Waals surface area contributed by atoms with Crippen molar-refractivity contribution < 1.29 is 9.59 Å². The molecule has 5 heteroatoms. The third kappa shape index (κ3) is 6.05. The molecule has 0 unspecified atom stereocenters. The maximum absolute atomic E-state index is 11.7. The van der Waals surface area contributed by atoms with Crippen molar-refractivity contribution in [2.24, 2.45) is 0 Å². The van der Waals surface area contributed by atoms with Crippen LogP contribution in [0.3, 0.4) is 0 Å². The normalized spacial score (nSPS) is 16.4. The number of piperazine rings is 1. The molecule has 19 heavy (non-hydrogen) atoms. The minimum Gasteiger partial charge on any atom is -0.355 e. The van der Waals surface area contributed by atoms with Crippen molar-refractivity contribution in [3.05, 3.63) is 0 Å². The van der Waals surface area contributed by atoms with Crippen LogP contribution in [0.25, 0.3) is 0 Å². The number of nitrogens with zero attached hydrogens (tertiary/aromatic N) is 2. The van der Waals surface area contributed by atoms with Gasteiger partial charge in [0.2, 0.25) is 11.8 Å². The highest BCUT2D eigenvalue weighted by Gasteiger charge is 2.19. The van der Waals surface area contributed by atoms with E-state index < -0.39 is 0 Å². The van der Waals surface area contributed by atoms with Gasteiger partial charge in [-0.15, -0.1) is 0 Å². The van der Waals surface area contributed by atoms with Gasteiger partial charge in [0.15, 0.2) is 0 Å². The standard InChI is InChI=1S/C14H27N3O2/c1-3-5-13(18)15-7-8-16-9-11-17(12-10-16)14(19)6-4-2/h3-12H2,1-2H3,(H,15,18). The molecule has 1 aliphatic heterocycles. The van der Waals surface area contributed by atoms with Crippen LogP contribution >= 0.6 is 0 Å². The van der Waals surface area contributed by atoms with Crippen molar-refractivity contribution in [3.63, 3.8) is 0 Å². The Morgan fingerprint density at radius 3 is 2.21 bits per heavy atom. The van der Waals surface area contributed by atoms with E-state index in [4.69, 9.17) is 0 Å². The molecule has 1 fully saturated rings. The third-order valence-electron chi connectivity index (χ3n) is 3.42. The number of carbonyl (C=O) groups is 2. The Bertz CT molecular complexity index is 284. The van der Waals surface area contributed by atoms with Gasteiger partial charge in [0.25, 0.3) is 0 Å². The van der Waals surface area contributed by atoms with E-state index in [0.717, 1.165) is 45.6 Å². The first-order valence-corrected chi connectivity index (χ1v) is 7.44. The van der Waals surface area contributed by atoms with Crippen molar-refractivity contribution >= 4 is 11.8 Å². The molecule has 0 spiro atoms. The lowest BCUT2D eigenvalue weighted by Crippen LogP contribution is -2.50. The summed E-state index contributed by atoms with van der Waals surface area (Å²) in [6.45, 7) is 9.11. The van der Waals surface area contributed by atoms with Gasteiger partial charge < -0.3 is 10.2 Å². The summed E-state index contributed by atoms with van der Waals surface area (Å²) in [7, 11) is 0. The fourth-order valence-electron chi connectivity index (χ4n) is 2.26. The fraction of sp³-hybridized carbons (Fsp3) is 0.857. The summed E-state index contributed by atoms with van der Waals surface area (Å²) in [6, 6.07) is 0. The molecule has 0 radical (unpaired) electrons. The van der Waals surface area contributed by atoms with E-state index in [9.17, 15) is 9.59 Å². The second-order valence-electron chi connectivity index (χ2n) is 5.07. The van der Waals surface area contributed by atoms with Gasteiger partial charge in [0.1, 0.15) is 0 Å². The second kappa shape index (κ2) is 8.91. The number of rotatable bonds is 7. The van der Waals surface area contributed by atoms with E-state index in [1.54, 1.807) is 0 Å². The second-order valence-corrected chi connectivity index (χ2v) is 5.07. The molecule has 0 aliphatic carbocycles.